The zero-order valence-corrected chi connectivity index (χ0v) is 12.8. The molecule has 2 aliphatic rings. The molecule has 0 amide bonds. The van der Waals surface area contributed by atoms with Crippen molar-refractivity contribution < 1.29 is 4.74 Å². The first-order chi connectivity index (χ1) is 9.08. The molecule has 3 nitrogen and oxygen atoms in total. The van der Waals surface area contributed by atoms with Crippen molar-refractivity contribution in [2.45, 2.75) is 64.0 Å². The fourth-order valence-corrected chi connectivity index (χ4v) is 4.39. The summed E-state index contributed by atoms with van der Waals surface area (Å²) in [6, 6.07) is 0. The molecule has 2 unspecified atom stereocenters. The Hall–Kier alpha value is -0.450. The van der Waals surface area contributed by atoms with E-state index in [-0.39, 0.29) is 11.6 Å². The molecule has 0 spiro atoms. The largest absolute Gasteiger partial charge is 0.378 e. The SMILES string of the molecule is CC(C)C1CC(N)(c2nc3c(s2)CCCC3)CCO1. The van der Waals surface area contributed by atoms with Crippen molar-refractivity contribution in [3.63, 3.8) is 0 Å². The molecule has 19 heavy (non-hydrogen) atoms. The van der Waals surface area contributed by atoms with Gasteiger partial charge < -0.3 is 10.5 Å². The van der Waals surface area contributed by atoms with E-state index in [0.29, 0.717) is 5.92 Å². The van der Waals surface area contributed by atoms with Crippen LogP contribution in [0.25, 0.3) is 0 Å². The van der Waals surface area contributed by atoms with Gasteiger partial charge in [0.2, 0.25) is 0 Å². The van der Waals surface area contributed by atoms with Crippen LogP contribution in [-0.4, -0.2) is 17.7 Å². The van der Waals surface area contributed by atoms with Crippen LogP contribution in [0.2, 0.25) is 0 Å². The normalized spacial score (nSPS) is 31.5. The van der Waals surface area contributed by atoms with Crippen LogP contribution < -0.4 is 5.73 Å². The molecule has 0 bridgehead atoms. The number of fused-ring (bicyclic) bond motifs is 1. The average Bonchev–Trinajstić information content (AvgIpc) is 2.83. The van der Waals surface area contributed by atoms with Crippen molar-refractivity contribution in [2.24, 2.45) is 11.7 Å². The van der Waals surface area contributed by atoms with E-state index in [9.17, 15) is 0 Å². The van der Waals surface area contributed by atoms with Gasteiger partial charge in [-0.2, -0.15) is 0 Å². The molecule has 1 aliphatic carbocycles. The highest BCUT2D eigenvalue weighted by molar-refractivity contribution is 7.11. The van der Waals surface area contributed by atoms with E-state index in [2.05, 4.69) is 13.8 Å². The second kappa shape index (κ2) is 5.15. The topological polar surface area (TPSA) is 48.1 Å². The third kappa shape index (κ3) is 2.58. The molecule has 3 rings (SSSR count). The van der Waals surface area contributed by atoms with Crippen molar-refractivity contribution in [3.05, 3.63) is 15.6 Å². The lowest BCUT2D eigenvalue weighted by Gasteiger charge is -2.38. The quantitative estimate of drug-likeness (QED) is 0.906. The molecule has 2 N–H and O–H groups in total. The second-order valence-corrected chi connectivity index (χ2v) is 7.44. The van der Waals surface area contributed by atoms with Gasteiger partial charge in [-0.25, -0.2) is 4.98 Å². The highest BCUT2D eigenvalue weighted by atomic mass is 32.1. The van der Waals surface area contributed by atoms with Gasteiger partial charge in [-0.05, 0) is 44.4 Å². The predicted molar refractivity (Wildman–Crippen MR) is 78.4 cm³/mol. The van der Waals surface area contributed by atoms with E-state index < -0.39 is 0 Å². The first-order valence-electron chi connectivity index (χ1n) is 7.48. The molecule has 2 atom stereocenters. The lowest BCUT2D eigenvalue weighted by Crippen LogP contribution is -2.47. The van der Waals surface area contributed by atoms with E-state index in [4.69, 9.17) is 15.5 Å². The van der Waals surface area contributed by atoms with Crippen LogP contribution in [-0.2, 0) is 23.1 Å². The van der Waals surface area contributed by atoms with Crippen LogP contribution >= 0.6 is 11.3 Å². The Bertz CT molecular complexity index is 433. The van der Waals surface area contributed by atoms with Gasteiger partial charge in [-0.3, -0.25) is 0 Å². The molecule has 2 heterocycles. The molecule has 0 saturated carbocycles. The van der Waals surface area contributed by atoms with Crippen LogP contribution in [0.15, 0.2) is 0 Å². The van der Waals surface area contributed by atoms with Gasteiger partial charge in [0.25, 0.3) is 0 Å². The number of aryl methyl sites for hydroxylation is 2. The van der Waals surface area contributed by atoms with Gasteiger partial charge in [0.15, 0.2) is 0 Å². The summed E-state index contributed by atoms with van der Waals surface area (Å²) in [6.07, 6.45) is 7.04. The van der Waals surface area contributed by atoms with Crippen molar-refractivity contribution in [1.29, 1.82) is 0 Å². The van der Waals surface area contributed by atoms with Gasteiger partial charge >= 0.3 is 0 Å². The lowest BCUT2D eigenvalue weighted by atomic mass is 9.84. The number of aromatic nitrogens is 1. The summed E-state index contributed by atoms with van der Waals surface area (Å²) in [5.74, 6) is 0.526. The molecule has 1 saturated heterocycles. The third-order valence-corrected chi connectivity index (χ3v) is 5.84. The minimum absolute atomic E-state index is 0.255. The van der Waals surface area contributed by atoms with Crippen LogP contribution in [0.4, 0.5) is 0 Å². The highest BCUT2D eigenvalue weighted by Crippen LogP contribution is 2.39. The van der Waals surface area contributed by atoms with Gasteiger partial charge in [0.1, 0.15) is 5.01 Å². The first-order valence-corrected chi connectivity index (χ1v) is 8.30. The zero-order chi connectivity index (χ0) is 13.5. The van der Waals surface area contributed by atoms with Gasteiger partial charge in [-0.15, -0.1) is 11.3 Å². The maximum absolute atomic E-state index is 6.69. The second-order valence-electron chi connectivity index (χ2n) is 6.36. The van der Waals surface area contributed by atoms with E-state index in [1.54, 1.807) is 0 Å². The summed E-state index contributed by atoms with van der Waals surface area (Å²) in [5.41, 5.74) is 7.76. The highest BCUT2D eigenvalue weighted by Gasteiger charge is 2.39. The van der Waals surface area contributed by atoms with E-state index in [1.807, 2.05) is 11.3 Å². The number of ether oxygens (including phenoxy) is 1. The molecule has 1 fully saturated rings. The summed E-state index contributed by atoms with van der Waals surface area (Å²) in [5, 5.41) is 1.16. The molecule has 1 aliphatic heterocycles. The summed E-state index contributed by atoms with van der Waals surface area (Å²) in [6.45, 7) is 5.19. The Morgan fingerprint density at radius 3 is 2.89 bits per heavy atom. The Kier molecular flexibility index (Phi) is 3.67. The number of hydrogen-bond acceptors (Lipinski definition) is 4. The average molecular weight is 280 g/mol. The molecule has 1 aromatic heterocycles. The Labute approximate surface area is 119 Å². The monoisotopic (exact) mass is 280 g/mol. The number of hydrogen-bond donors (Lipinski definition) is 1. The summed E-state index contributed by atoms with van der Waals surface area (Å²) in [7, 11) is 0. The third-order valence-electron chi connectivity index (χ3n) is 4.46. The van der Waals surface area contributed by atoms with E-state index in [1.165, 1.54) is 29.8 Å². The smallest absolute Gasteiger partial charge is 0.113 e. The molecule has 106 valence electrons. The molecule has 1 aromatic rings. The van der Waals surface area contributed by atoms with E-state index in [0.717, 1.165) is 30.9 Å². The van der Waals surface area contributed by atoms with E-state index >= 15 is 0 Å². The fourth-order valence-electron chi connectivity index (χ4n) is 3.10. The fraction of sp³-hybridized carbons (Fsp3) is 0.800. The number of nitrogens with zero attached hydrogens (tertiary/aromatic N) is 1. The van der Waals surface area contributed by atoms with Gasteiger partial charge in [0.05, 0.1) is 17.3 Å². The van der Waals surface area contributed by atoms with Crippen molar-refractivity contribution in [2.75, 3.05) is 6.61 Å². The Morgan fingerprint density at radius 2 is 2.16 bits per heavy atom. The molecular formula is C15H24N2OS. The van der Waals surface area contributed by atoms with Crippen LogP contribution in [0.3, 0.4) is 0 Å². The molecular weight excluding hydrogens is 256 g/mol. The van der Waals surface area contributed by atoms with Crippen molar-refractivity contribution in [1.82, 2.24) is 4.98 Å². The molecule has 4 heteroatoms. The number of thiazole rings is 1. The minimum Gasteiger partial charge on any atom is -0.378 e. The summed E-state index contributed by atoms with van der Waals surface area (Å²) in [4.78, 5) is 6.36. The van der Waals surface area contributed by atoms with Crippen LogP contribution in [0.1, 0.15) is 55.1 Å². The Balaban J connectivity index is 1.85. The molecule has 0 radical (unpaired) electrons. The van der Waals surface area contributed by atoms with Crippen molar-refractivity contribution >= 4 is 11.3 Å². The maximum atomic E-state index is 6.69. The summed E-state index contributed by atoms with van der Waals surface area (Å²) >= 11 is 1.86. The Morgan fingerprint density at radius 1 is 1.37 bits per heavy atom. The first kappa shape index (κ1) is 13.5. The van der Waals surface area contributed by atoms with Crippen LogP contribution in [0.5, 0.6) is 0 Å². The molecule has 0 aromatic carbocycles. The van der Waals surface area contributed by atoms with Gasteiger partial charge in [0, 0.05) is 11.5 Å². The summed E-state index contributed by atoms with van der Waals surface area (Å²) < 4.78 is 5.86. The van der Waals surface area contributed by atoms with Gasteiger partial charge in [-0.1, -0.05) is 13.8 Å². The maximum Gasteiger partial charge on any atom is 0.113 e. The standard InChI is InChI=1S/C15H24N2OS/c1-10(2)12-9-15(16,7-8-18-12)14-17-11-5-3-4-6-13(11)19-14/h10,12H,3-9,16H2,1-2H3. The van der Waals surface area contributed by atoms with Crippen LogP contribution in [0, 0.1) is 5.92 Å². The lowest BCUT2D eigenvalue weighted by molar-refractivity contribution is -0.0438. The number of rotatable bonds is 2. The zero-order valence-electron chi connectivity index (χ0n) is 11.9. The number of nitrogens with two attached hydrogens (primary N) is 1. The predicted octanol–water partition coefficient (Wildman–Crippen LogP) is 3.01. The van der Waals surface area contributed by atoms with Crippen molar-refractivity contribution in [3.8, 4) is 0 Å². The minimum atomic E-state index is -0.255.